The average molecular weight is 823 g/mol. The van der Waals surface area contributed by atoms with E-state index < -0.39 is 0 Å². The number of rotatable bonds is 6. The van der Waals surface area contributed by atoms with Crippen molar-refractivity contribution in [1.29, 1.82) is 0 Å². The van der Waals surface area contributed by atoms with Crippen molar-refractivity contribution in [3.8, 4) is 67.0 Å². The van der Waals surface area contributed by atoms with Gasteiger partial charge in [0.05, 0.1) is 11.4 Å². The highest BCUT2D eigenvalue weighted by molar-refractivity contribution is 7.25. The van der Waals surface area contributed by atoms with E-state index in [1.807, 2.05) is 48.0 Å². The SMILES string of the molecule is c1ccc(-c2ccccc2-c2ccc3oc4ccc(-c5ccc6sc7ccc(-c8ccc9oc%10ccc(-c%11ccccc%11-c%11ccccn%11)cc%10c9c8)cc7c6c5)cc4c3c2)nc1. The molecule has 5 heterocycles. The van der Waals surface area contributed by atoms with Gasteiger partial charge in [-0.1, -0.05) is 97.1 Å². The summed E-state index contributed by atoms with van der Waals surface area (Å²) in [5, 5.41) is 6.91. The van der Waals surface area contributed by atoms with E-state index in [0.717, 1.165) is 99.8 Å². The fourth-order valence-electron chi connectivity index (χ4n) is 9.35. The maximum Gasteiger partial charge on any atom is 0.135 e. The number of pyridine rings is 2. The van der Waals surface area contributed by atoms with Crippen molar-refractivity contribution in [3.63, 3.8) is 0 Å². The second kappa shape index (κ2) is 14.2. The average Bonchev–Trinajstić information content (AvgIpc) is 4.04. The fraction of sp³-hybridized carbons (Fsp3) is 0. The van der Waals surface area contributed by atoms with Crippen LogP contribution < -0.4 is 0 Å². The van der Waals surface area contributed by atoms with Gasteiger partial charge in [-0.25, -0.2) is 0 Å². The topological polar surface area (TPSA) is 52.1 Å². The summed E-state index contributed by atoms with van der Waals surface area (Å²) in [5.74, 6) is 0. The van der Waals surface area contributed by atoms with E-state index in [1.165, 1.54) is 31.3 Å². The van der Waals surface area contributed by atoms with E-state index in [1.54, 1.807) is 0 Å². The predicted octanol–water partition coefficient (Wildman–Crippen LogP) is 16.6. The van der Waals surface area contributed by atoms with Gasteiger partial charge in [-0.15, -0.1) is 11.3 Å². The number of thiophene rings is 1. The second-order valence-electron chi connectivity index (χ2n) is 16.1. The van der Waals surface area contributed by atoms with Crippen LogP contribution in [0.3, 0.4) is 0 Å². The Morgan fingerprint density at radius 2 is 0.619 bits per heavy atom. The van der Waals surface area contributed by atoms with Crippen LogP contribution in [0.15, 0.2) is 215 Å². The Morgan fingerprint density at radius 3 is 1.02 bits per heavy atom. The Kier molecular flexibility index (Phi) is 8.05. The molecular weight excluding hydrogens is 789 g/mol. The van der Waals surface area contributed by atoms with Crippen molar-refractivity contribution >= 4 is 75.4 Å². The van der Waals surface area contributed by atoms with Gasteiger partial charge in [-0.3, -0.25) is 9.97 Å². The molecule has 4 nitrogen and oxygen atoms in total. The monoisotopic (exact) mass is 822 g/mol. The molecule has 8 aromatic carbocycles. The van der Waals surface area contributed by atoms with Crippen molar-refractivity contribution in [3.05, 3.63) is 207 Å². The number of nitrogens with zero attached hydrogens (tertiary/aromatic N) is 2. The van der Waals surface area contributed by atoms with E-state index >= 15 is 0 Å². The van der Waals surface area contributed by atoms with E-state index in [-0.39, 0.29) is 0 Å². The number of hydrogen-bond donors (Lipinski definition) is 0. The van der Waals surface area contributed by atoms with Crippen LogP contribution in [0.5, 0.6) is 0 Å². The summed E-state index contributed by atoms with van der Waals surface area (Å²) < 4.78 is 15.3. The van der Waals surface area contributed by atoms with E-state index in [2.05, 4.69) is 180 Å². The minimum Gasteiger partial charge on any atom is -0.456 e. The summed E-state index contributed by atoms with van der Waals surface area (Å²) in [6, 6.07) is 68.9. The fourth-order valence-corrected chi connectivity index (χ4v) is 10.4. The third-order valence-corrected chi connectivity index (χ3v) is 13.6. The number of furan rings is 2. The lowest BCUT2D eigenvalue weighted by atomic mass is 9.95. The first-order valence-corrected chi connectivity index (χ1v) is 21.9. The summed E-state index contributed by atoms with van der Waals surface area (Å²) in [4.78, 5) is 9.31. The van der Waals surface area contributed by atoms with Crippen LogP contribution in [0, 0.1) is 0 Å². The highest BCUT2D eigenvalue weighted by Crippen LogP contribution is 2.43. The first-order valence-electron chi connectivity index (χ1n) is 21.1. The summed E-state index contributed by atoms with van der Waals surface area (Å²) >= 11 is 1.84. The first kappa shape index (κ1) is 35.6. The molecule has 294 valence electrons. The van der Waals surface area contributed by atoms with Crippen molar-refractivity contribution in [2.75, 3.05) is 0 Å². The molecule has 5 heteroatoms. The molecule has 0 fully saturated rings. The van der Waals surface area contributed by atoms with Crippen molar-refractivity contribution in [2.24, 2.45) is 0 Å². The van der Waals surface area contributed by atoms with Gasteiger partial charge in [-0.2, -0.15) is 0 Å². The van der Waals surface area contributed by atoms with Crippen LogP contribution in [-0.2, 0) is 0 Å². The Labute approximate surface area is 366 Å². The molecule has 0 bridgehead atoms. The van der Waals surface area contributed by atoms with E-state index in [0.29, 0.717) is 0 Å². The molecule has 13 rings (SSSR count). The number of aromatic nitrogens is 2. The Morgan fingerprint density at radius 1 is 0.286 bits per heavy atom. The van der Waals surface area contributed by atoms with Gasteiger partial charge in [0.2, 0.25) is 0 Å². The summed E-state index contributed by atoms with van der Waals surface area (Å²) in [6.45, 7) is 0. The van der Waals surface area contributed by atoms with Crippen LogP contribution in [0.25, 0.3) is 131 Å². The zero-order valence-corrected chi connectivity index (χ0v) is 34.6. The molecule has 0 radical (unpaired) electrons. The molecule has 0 aliphatic heterocycles. The number of fused-ring (bicyclic) bond motifs is 9. The Hall–Kier alpha value is -8.12. The summed E-state index contributed by atoms with van der Waals surface area (Å²) in [5.41, 5.74) is 16.8. The molecular formula is C58H34N2O2S. The van der Waals surface area contributed by atoms with Crippen molar-refractivity contribution < 1.29 is 8.83 Å². The molecule has 0 unspecified atom stereocenters. The number of benzene rings is 8. The maximum absolute atomic E-state index is 6.39. The highest BCUT2D eigenvalue weighted by Gasteiger charge is 2.17. The molecule has 63 heavy (non-hydrogen) atoms. The molecule has 0 amide bonds. The van der Waals surface area contributed by atoms with Crippen molar-refractivity contribution in [1.82, 2.24) is 9.97 Å². The van der Waals surface area contributed by atoms with Crippen LogP contribution in [0.2, 0.25) is 0 Å². The molecule has 0 saturated heterocycles. The second-order valence-corrected chi connectivity index (χ2v) is 17.2. The largest absolute Gasteiger partial charge is 0.456 e. The Bertz CT molecular complexity index is 3660. The standard InChI is InChI=1S/C58H34N2O2S/c1-3-11-43(51-13-5-7-27-59-51)41(9-1)39-17-23-55-47(33-39)45-29-35(15-21-53(45)61-55)37-19-25-57-49(31-37)50-32-38(20-26-58(50)63-57)36-16-22-54-46(30-36)48-34-40(18-24-56(48)62-54)42-10-2-4-12-44(42)52-14-6-8-28-60-52/h1-34H. The molecule has 0 spiro atoms. The first-order chi connectivity index (χ1) is 31.2. The van der Waals surface area contributed by atoms with Gasteiger partial charge in [0.1, 0.15) is 22.3 Å². The molecule has 5 aromatic heterocycles. The lowest BCUT2D eigenvalue weighted by Crippen LogP contribution is -1.87. The minimum atomic E-state index is 0.876. The van der Waals surface area contributed by atoms with Gasteiger partial charge >= 0.3 is 0 Å². The molecule has 0 aliphatic carbocycles. The van der Waals surface area contributed by atoms with Gasteiger partial charge < -0.3 is 8.83 Å². The molecule has 0 atom stereocenters. The molecule has 0 aliphatic rings. The molecule has 0 saturated carbocycles. The van der Waals surface area contributed by atoms with Gasteiger partial charge in [0.15, 0.2) is 0 Å². The zero-order chi connectivity index (χ0) is 41.4. The van der Waals surface area contributed by atoms with Crippen LogP contribution >= 0.6 is 11.3 Å². The summed E-state index contributed by atoms with van der Waals surface area (Å²) in [6.07, 6.45) is 3.69. The molecule has 13 aromatic rings. The number of hydrogen-bond acceptors (Lipinski definition) is 5. The highest BCUT2D eigenvalue weighted by atomic mass is 32.1. The maximum atomic E-state index is 6.39. The quantitative estimate of drug-likeness (QED) is 0.168. The van der Waals surface area contributed by atoms with Gasteiger partial charge in [0.25, 0.3) is 0 Å². The van der Waals surface area contributed by atoms with E-state index in [9.17, 15) is 0 Å². The zero-order valence-electron chi connectivity index (χ0n) is 33.7. The third kappa shape index (κ3) is 5.97. The van der Waals surface area contributed by atoms with Gasteiger partial charge in [-0.05, 0) is 142 Å². The lowest BCUT2D eigenvalue weighted by Gasteiger charge is -2.09. The van der Waals surface area contributed by atoms with Crippen LogP contribution in [-0.4, -0.2) is 9.97 Å². The van der Waals surface area contributed by atoms with Crippen molar-refractivity contribution in [2.45, 2.75) is 0 Å². The minimum absolute atomic E-state index is 0.876. The predicted molar refractivity (Wildman–Crippen MR) is 262 cm³/mol. The normalized spacial score (nSPS) is 11.8. The van der Waals surface area contributed by atoms with Crippen LogP contribution in [0.1, 0.15) is 0 Å². The summed E-state index contributed by atoms with van der Waals surface area (Å²) in [7, 11) is 0. The molecule has 0 N–H and O–H groups in total. The Balaban J connectivity index is 0.877. The lowest BCUT2D eigenvalue weighted by molar-refractivity contribution is 0.668. The smallest absolute Gasteiger partial charge is 0.135 e. The van der Waals surface area contributed by atoms with Crippen LogP contribution in [0.4, 0.5) is 0 Å². The van der Waals surface area contributed by atoms with Gasteiger partial charge in [0, 0.05) is 65.2 Å². The third-order valence-electron chi connectivity index (χ3n) is 12.4. The van der Waals surface area contributed by atoms with E-state index in [4.69, 9.17) is 8.83 Å².